The van der Waals surface area contributed by atoms with Crippen molar-refractivity contribution in [2.24, 2.45) is 11.7 Å². The molecule has 1 saturated heterocycles. The number of carbonyl (C=O) groups excluding carboxylic acids is 1. The zero-order chi connectivity index (χ0) is 22.1. The largest absolute Gasteiger partial charge is 0.489 e. The minimum absolute atomic E-state index is 0.00581. The first-order chi connectivity index (χ1) is 14.3. The van der Waals surface area contributed by atoms with E-state index >= 15 is 0 Å². The standard InChI is InChI=1S/C21H28F2N2O4S/c1-16(6-9-22)21(26)25-10-7-17(8-11-25)15-30(27,28)20-4-2-19(3-5-20)29-14-18(12-23)13-24/h2-5,12,17H,1,6-11,13-15,24H2/b18-12+. The summed E-state index contributed by atoms with van der Waals surface area (Å²) in [6, 6.07) is 5.98. The molecule has 1 aliphatic heterocycles. The number of sulfone groups is 1. The Hall–Kier alpha value is -2.26. The number of carbonyl (C=O) groups is 1. The number of nitrogens with two attached hydrogens (primary N) is 1. The minimum atomic E-state index is -3.50. The number of amides is 1. The van der Waals surface area contributed by atoms with Crippen molar-refractivity contribution < 1.29 is 26.7 Å². The quantitative estimate of drug-likeness (QED) is 0.563. The Bertz CT molecular complexity index is 861. The monoisotopic (exact) mass is 442 g/mol. The van der Waals surface area contributed by atoms with Gasteiger partial charge in [-0.15, -0.1) is 0 Å². The summed E-state index contributed by atoms with van der Waals surface area (Å²) in [5.41, 5.74) is 5.90. The minimum Gasteiger partial charge on any atom is -0.489 e. The van der Waals surface area contributed by atoms with Crippen LogP contribution in [0.3, 0.4) is 0 Å². The summed E-state index contributed by atoms with van der Waals surface area (Å²) in [6.45, 7) is 3.89. The topological polar surface area (TPSA) is 89.7 Å². The number of nitrogens with zero attached hydrogens (tertiary/aromatic N) is 1. The number of hydrogen-bond acceptors (Lipinski definition) is 5. The molecule has 166 valence electrons. The van der Waals surface area contributed by atoms with Crippen molar-refractivity contribution in [1.82, 2.24) is 4.90 Å². The van der Waals surface area contributed by atoms with Crippen LogP contribution in [-0.2, 0) is 14.6 Å². The third kappa shape index (κ3) is 6.63. The Kier molecular flexibility index (Phi) is 8.98. The zero-order valence-corrected chi connectivity index (χ0v) is 17.7. The van der Waals surface area contributed by atoms with E-state index in [0.717, 1.165) is 0 Å². The lowest BCUT2D eigenvalue weighted by molar-refractivity contribution is -0.128. The van der Waals surface area contributed by atoms with E-state index in [0.29, 0.717) is 43.6 Å². The fraction of sp³-hybridized carbons (Fsp3) is 0.476. The van der Waals surface area contributed by atoms with Crippen LogP contribution in [0.4, 0.5) is 8.78 Å². The molecule has 1 aliphatic rings. The molecule has 2 N–H and O–H groups in total. The average Bonchev–Trinajstić information content (AvgIpc) is 2.75. The Balaban J connectivity index is 1.90. The van der Waals surface area contributed by atoms with Gasteiger partial charge in [-0.2, -0.15) is 0 Å². The maximum atomic E-state index is 12.7. The summed E-state index contributed by atoms with van der Waals surface area (Å²) < 4.78 is 55.7. The highest BCUT2D eigenvalue weighted by molar-refractivity contribution is 7.91. The van der Waals surface area contributed by atoms with Crippen LogP contribution >= 0.6 is 0 Å². The van der Waals surface area contributed by atoms with Gasteiger partial charge in [0, 0.05) is 37.2 Å². The van der Waals surface area contributed by atoms with E-state index in [-0.39, 0.29) is 47.6 Å². The molecule has 1 aromatic carbocycles. The fourth-order valence-corrected chi connectivity index (χ4v) is 4.91. The number of rotatable bonds is 10. The second-order valence-corrected chi connectivity index (χ2v) is 9.33. The molecule has 0 bridgehead atoms. The number of alkyl halides is 1. The van der Waals surface area contributed by atoms with Gasteiger partial charge in [-0.3, -0.25) is 9.18 Å². The number of ether oxygens (including phenoxy) is 1. The van der Waals surface area contributed by atoms with Crippen LogP contribution in [0.25, 0.3) is 0 Å². The van der Waals surface area contributed by atoms with E-state index in [2.05, 4.69) is 6.58 Å². The first-order valence-corrected chi connectivity index (χ1v) is 11.4. The molecule has 0 atom stereocenters. The first-order valence-electron chi connectivity index (χ1n) is 9.77. The van der Waals surface area contributed by atoms with Crippen molar-refractivity contribution in [2.45, 2.75) is 24.2 Å². The lowest BCUT2D eigenvalue weighted by Gasteiger charge is -2.32. The maximum Gasteiger partial charge on any atom is 0.249 e. The highest BCUT2D eigenvalue weighted by Crippen LogP contribution is 2.25. The molecule has 1 amide bonds. The Morgan fingerprint density at radius 3 is 2.43 bits per heavy atom. The highest BCUT2D eigenvalue weighted by Gasteiger charge is 2.28. The summed E-state index contributed by atoms with van der Waals surface area (Å²) in [5, 5.41) is 0. The molecular formula is C21H28F2N2O4S. The molecule has 1 fully saturated rings. The first kappa shape index (κ1) is 24.0. The van der Waals surface area contributed by atoms with Crippen molar-refractivity contribution >= 4 is 15.7 Å². The number of benzene rings is 1. The Labute approximate surface area is 176 Å². The SMILES string of the molecule is C=C(CCF)C(=O)N1CCC(CS(=O)(=O)c2ccc(OC/C(=C/F)CN)cc2)CC1. The van der Waals surface area contributed by atoms with Gasteiger partial charge < -0.3 is 15.4 Å². The van der Waals surface area contributed by atoms with Gasteiger partial charge in [-0.05, 0) is 43.0 Å². The maximum absolute atomic E-state index is 12.7. The van der Waals surface area contributed by atoms with Gasteiger partial charge in [-0.1, -0.05) is 6.58 Å². The van der Waals surface area contributed by atoms with Crippen molar-refractivity contribution in [2.75, 3.05) is 38.7 Å². The third-order valence-electron chi connectivity index (χ3n) is 5.08. The van der Waals surface area contributed by atoms with Gasteiger partial charge in [0.15, 0.2) is 9.84 Å². The van der Waals surface area contributed by atoms with Crippen molar-refractivity contribution in [3.8, 4) is 5.75 Å². The summed E-state index contributed by atoms with van der Waals surface area (Å²) >= 11 is 0. The normalized spacial score (nSPS) is 15.8. The van der Waals surface area contributed by atoms with Crippen LogP contribution in [0, 0.1) is 5.92 Å². The predicted octanol–water partition coefficient (Wildman–Crippen LogP) is 2.81. The van der Waals surface area contributed by atoms with Crippen molar-refractivity contribution in [3.63, 3.8) is 0 Å². The third-order valence-corrected chi connectivity index (χ3v) is 6.98. The molecule has 6 nitrogen and oxygen atoms in total. The second-order valence-electron chi connectivity index (χ2n) is 7.29. The molecule has 0 saturated carbocycles. The molecule has 2 rings (SSSR count). The highest BCUT2D eigenvalue weighted by atomic mass is 32.2. The number of halogens is 2. The molecule has 1 aromatic rings. The van der Waals surface area contributed by atoms with Gasteiger partial charge in [0.1, 0.15) is 12.4 Å². The van der Waals surface area contributed by atoms with Gasteiger partial charge >= 0.3 is 0 Å². The molecular weight excluding hydrogens is 414 g/mol. The molecule has 30 heavy (non-hydrogen) atoms. The van der Waals surface area contributed by atoms with E-state index in [9.17, 15) is 22.0 Å². The van der Waals surface area contributed by atoms with Crippen molar-refractivity contribution in [3.05, 3.63) is 48.3 Å². The Morgan fingerprint density at radius 2 is 1.90 bits per heavy atom. The van der Waals surface area contributed by atoms with E-state index in [1.165, 1.54) is 24.3 Å². The Morgan fingerprint density at radius 1 is 1.27 bits per heavy atom. The van der Waals surface area contributed by atoms with Gasteiger partial charge in [0.05, 0.1) is 23.7 Å². The lowest BCUT2D eigenvalue weighted by atomic mass is 9.98. The smallest absolute Gasteiger partial charge is 0.249 e. The summed E-state index contributed by atoms with van der Waals surface area (Å²) in [7, 11) is -3.50. The van der Waals surface area contributed by atoms with Gasteiger partial charge in [-0.25, -0.2) is 12.8 Å². The molecule has 0 spiro atoms. The van der Waals surface area contributed by atoms with Crippen molar-refractivity contribution in [1.29, 1.82) is 0 Å². The van der Waals surface area contributed by atoms with E-state index in [1.54, 1.807) is 4.90 Å². The molecule has 0 aromatic heterocycles. The number of likely N-dealkylation sites (tertiary alicyclic amines) is 1. The molecule has 0 unspecified atom stereocenters. The van der Waals surface area contributed by atoms with Gasteiger partial charge in [0.25, 0.3) is 0 Å². The molecule has 0 radical (unpaired) electrons. The van der Waals surface area contributed by atoms with Crippen LogP contribution in [0.1, 0.15) is 19.3 Å². The van der Waals surface area contributed by atoms with E-state index < -0.39 is 16.5 Å². The second kappa shape index (κ2) is 11.2. The molecule has 1 heterocycles. The molecule has 0 aliphatic carbocycles. The average molecular weight is 443 g/mol. The number of piperidine rings is 1. The van der Waals surface area contributed by atoms with E-state index in [1.807, 2.05) is 0 Å². The molecule has 9 heteroatoms. The number of hydrogen-bond donors (Lipinski definition) is 1. The zero-order valence-electron chi connectivity index (χ0n) is 16.9. The summed E-state index contributed by atoms with van der Waals surface area (Å²) in [5.74, 6) is 0.0843. The van der Waals surface area contributed by atoms with Crippen LogP contribution in [0.2, 0.25) is 0 Å². The van der Waals surface area contributed by atoms with Crippen LogP contribution in [0.5, 0.6) is 5.75 Å². The van der Waals surface area contributed by atoms with E-state index in [4.69, 9.17) is 10.5 Å². The van der Waals surface area contributed by atoms with Crippen LogP contribution in [-0.4, -0.2) is 57.9 Å². The summed E-state index contributed by atoms with van der Waals surface area (Å²) in [6.07, 6.45) is 1.54. The fourth-order valence-electron chi connectivity index (χ4n) is 3.21. The van der Waals surface area contributed by atoms with Gasteiger partial charge in [0.2, 0.25) is 5.91 Å². The lowest BCUT2D eigenvalue weighted by Crippen LogP contribution is -2.40. The predicted molar refractivity (Wildman–Crippen MR) is 111 cm³/mol. The van der Waals surface area contributed by atoms with Crippen LogP contribution in [0.15, 0.2) is 53.2 Å². The summed E-state index contributed by atoms with van der Waals surface area (Å²) in [4.78, 5) is 14.0. The van der Waals surface area contributed by atoms with Crippen LogP contribution < -0.4 is 10.5 Å².